The van der Waals surface area contributed by atoms with E-state index in [1.807, 2.05) is 6.08 Å². The van der Waals surface area contributed by atoms with Crippen molar-refractivity contribution in [3.63, 3.8) is 0 Å². The van der Waals surface area contributed by atoms with Gasteiger partial charge in [-0.25, -0.2) is 13.1 Å². The van der Waals surface area contributed by atoms with Gasteiger partial charge >= 0.3 is 5.97 Å². The number of carbonyl (C=O) groups is 1. The van der Waals surface area contributed by atoms with Crippen molar-refractivity contribution in [3.8, 4) is 0 Å². The standard InChI is InChI=1S/C22H30ClNO4S/c1-22(2)16-12-15(8-5-3-4-6-11-20(25)26)21(19(22)13-16)24-29(27,28)18-10-7-9-17(23)14-18/h3,5,7,9-10,14-16,19,21,24H,4,6,8,11-13H2,1-2H3,(H,25,26)/b5-3+. The lowest BCUT2D eigenvalue weighted by molar-refractivity contribution is -0.137. The van der Waals surface area contributed by atoms with Gasteiger partial charge in [0.1, 0.15) is 0 Å². The second-order valence-electron chi connectivity index (χ2n) is 8.95. The summed E-state index contributed by atoms with van der Waals surface area (Å²) in [6.45, 7) is 4.48. The van der Waals surface area contributed by atoms with Gasteiger partial charge in [-0.05, 0) is 73.5 Å². The van der Waals surface area contributed by atoms with E-state index in [9.17, 15) is 13.2 Å². The van der Waals surface area contributed by atoms with Crippen LogP contribution >= 0.6 is 11.6 Å². The highest BCUT2D eigenvalue weighted by atomic mass is 35.5. The first-order valence-electron chi connectivity index (χ1n) is 10.3. The molecular formula is C22H30ClNO4S. The molecule has 1 aromatic rings. The van der Waals surface area contributed by atoms with Gasteiger partial charge in [-0.3, -0.25) is 4.79 Å². The summed E-state index contributed by atoms with van der Waals surface area (Å²) in [7, 11) is -3.65. The minimum atomic E-state index is -3.65. The van der Waals surface area contributed by atoms with Crippen molar-refractivity contribution in [2.45, 2.75) is 63.3 Å². The van der Waals surface area contributed by atoms with Crippen molar-refractivity contribution >= 4 is 27.6 Å². The molecule has 7 heteroatoms. The van der Waals surface area contributed by atoms with Gasteiger partial charge in [0.2, 0.25) is 10.0 Å². The minimum Gasteiger partial charge on any atom is -0.481 e. The van der Waals surface area contributed by atoms with Gasteiger partial charge in [-0.1, -0.05) is 43.7 Å². The number of carboxylic acids is 1. The molecule has 2 bridgehead atoms. The van der Waals surface area contributed by atoms with Gasteiger partial charge in [0.15, 0.2) is 0 Å². The molecule has 3 fully saturated rings. The number of aliphatic carboxylic acids is 1. The Hall–Kier alpha value is -1.37. The molecule has 5 nitrogen and oxygen atoms in total. The summed E-state index contributed by atoms with van der Waals surface area (Å²) < 4.78 is 29.0. The molecule has 4 unspecified atom stereocenters. The average Bonchev–Trinajstić information content (AvgIpc) is 2.64. The van der Waals surface area contributed by atoms with E-state index in [1.165, 1.54) is 6.07 Å². The third-order valence-corrected chi connectivity index (χ3v) is 8.53. The zero-order chi connectivity index (χ0) is 21.2. The van der Waals surface area contributed by atoms with Crippen LogP contribution in [0.3, 0.4) is 0 Å². The molecule has 29 heavy (non-hydrogen) atoms. The molecule has 0 amide bonds. The molecule has 0 aliphatic heterocycles. The number of hydrogen-bond acceptors (Lipinski definition) is 3. The average molecular weight is 440 g/mol. The number of hydrogen-bond donors (Lipinski definition) is 2. The van der Waals surface area contributed by atoms with E-state index in [4.69, 9.17) is 16.7 Å². The first kappa shape index (κ1) is 22.3. The lowest BCUT2D eigenvalue weighted by Gasteiger charge is -2.62. The zero-order valence-electron chi connectivity index (χ0n) is 17.0. The quantitative estimate of drug-likeness (QED) is 0.424. The number of sulfonamides is 1. The fourth-order valence-corrected chi connectivity index (χ4v) is 6.61. The molecule has 3 aliphatic carbocycles. The molecule has 4 atom stereocenters. The summed E-state index contributed by atoms with van der Waals surface area (Å²) >= 11 is 6.00. The smallest absolute Gasteiger partial charge is 0.303 e. The summed E-state index contributed by atoms with van der Waals surface area (Å²) in [5.74, 6) is 0.422. The number of fused-ring (bicyclic) bond motifs is 2. The maximum atomic E-state index is 13.0. The lowest BCUT2D eigenvalue weighted by Crippen LogP contribution is -2.63. The third-order valence-electron chi connectivity index (χ3n) is 6.84. The second-order valence-corrected chi connectivity index (χ2v) is 11.1. The highest BCUT2D eigenvalue weighted by Gasteiger charge is 2.58. The van der Waals surface area contributed by atoms with Crippen LogP contribution in [-0.2, 0) is 14.8 Å². The van der Waals surface area contributed by atoms with Gasteiger partial charge in [-0.15, -0.1) is 0 Å². The van der Waals surface area contributed by atoms with Crippen molar-refractivity contribution < 1.29 is 18.3 Å². The Morgan fingerprint density at radius 2 is 2.07 bits per heavy atom. The van der Waals surface area contributed by atoms with Crippen LogP contribution in [0.2, 0.25) is 5.02 Å². The molecule has 3 aliphatic rings. The molecule has 0 radical (unpaired) electrons. The predicted molar refractivity (Wildman–Crippen MR) is 114 cm³/mol. The van der Waals surface area contributed by atoms with Crippen LogP contribution in [0.1, 0.15) is 52.4 Å². The highest BCUT2D eigenvalue weighted by Crippen LogP contribution is 2.61. The van der Waals surface area contributed by atoms with Gasteiger partial charge in [0.05, 0.1) is 4.90 Å². The molecule has 0 aromatic heterocycles. The minimum absolute atomic E-state index is 0.109. The Labute approximate surface area is 178 Å². The van der Waals surface area contributed by atoms with Crippen LogP contribution in [0, 0.1) is 23.2 Å². The van der Waals surface area contributed by atoms with Gasteiger partial charge in [-0.2, -0.15) is 0 Å². The van der Waals surface area contributed by atoms with Crippen LogP contribution in [0.5, 0.6) is 0 Å². The van der Waals surface area contributed by atoms with Crippen molar-refractivity contribution in [2.24, 2.45) is 23.2 Å². The first-order chi connectivity index (χ1) is 13.6. The Bertz CT molecular complexity index is 881. The lowest BCUT2D eigenvalue weighted by atomic mass is 9.45. The number of nitrogens with one attached hydrogen (secondary N) is 1. The van der Waals surface area contributed by atoms with Gasteiger partial charge in [0, 0.05) is 17.5 Å². The Balaban J connectivity index is 1.70. The predicted octanol–water partition coefficient (Wildman–Crippen LogP) is 4.87. The summed E-state index contributed by atoms with van der Waals surface area (Å²) in [6, 6.07) is 6.27. The summed E-state index contributed by atoms with van der Waals surface area (Å²) in [5, 5.41) is 9.12. The number of benzene rings is 1. The van der Waals surface area contributed by atoms with Crippen molar-refractivity contribution in [2.75, 3.05) is 0 Å². The number of unbranched alkanes of at least 4 members (excludes halogenated alkanes) is 1. The Kier molecular flexibility index (Phi) is 6.76. The molecule has 0 saturated heterocycles. The molecule has 2 N–H and O–H groups in total. The van der Waals surface area contributed by atoms with Gasteiger partial charge in [0.25, 0.3) is 0 Å². The molecule has 0 heterocycles. The summed E-state index contributed by atoms with van der Waals surface area (Å²) in [4.78, 5) is 10.8. The van der Waals surface area contributed by atoms with E-state index in [0.717, 1.165) is 25.7 Å². The number of carboxylic acid groups (broad SMARTS) is 1. The van der Waals surface area contributed by atoms with Crippen LogP contribution in [0.4, 0.5) is 0 Å². The maximum Gasteiger partial charge on any atom is 0.303 e. The van der Waals surface area contributed by atoms with E-state index >= 15 is 0 Å². The number of halogens is 1. The van der Waals surface area contributed by atoms with Crippen molar-refractivity contribution in [3.05, 3.63) is 41.4 Å². The van der Waals surface area contributed by atoms with Crippen LogP contribution in [-0.4, -0.2) is 25.5 Å². The zero-order valence-corrected chi connectivity index (χ0v) is 18.5. The summed E-state index contributed by atoms with van der Waals surface area (Å²) in [5.41, 5.74) is 0.142. The van der Waals surface area contributed by atoms with Crippen molar-refractivity contribution in [1.82, 2.24) is 4.72 Å². The first-order valence-corrected chi connectivity index (χ1v) is 12.1. The molecule has 1 aromatic carbocycles. The van der Waals surface area contributed by atoms with E-state index in [0.29, 0.717) is 23.3 Å². The second kappa shape index (κ2) is 8.78. The highest BCUT2D eigenvalue weighted by molar-refractivity contribution is 7.89. The monoisotopic (exact) mass is 439 g/mol. The van der Waals surface area contributed by atoms with Crippen molar-refractivity contribution in [1.29, 1.82) is 0 Å². The Morgan fingerprint density at radius 1 is 1.31 bits per heavy atom. The number of rotatable bonds is 9. The largest absolute Gasteiger partial charge is 0.481 e. The van der Waals surface area contributed by atoms with Crippen LogP contribution in [0.15, 0.2) is 41.3 Å². The maximum absolute atomic E-state index is 13.0. The van der Waals surface area contributed by atoms with Crippen LogP contribution in [0.25, 0.3) is 0 Å². The normalized spacial score (nSPS) is 28.2. The van der Waals surface area contributed by atoms with E-state index < -0.39 is 16.0 Å². The molecule has 4 rings (SSSR count). The van der Waals surface area contributed by atoms with E-state index in [2.05, 4.69) is 24.6 Å². The van der Waals surface area contributed by atoms with E-state index in [-0.39, 0.29) is 28.7 Å². The topological polar surface area (TPSA) is 83.5 Å². The van der Waals surface area contributed by atoms with Crippen LogP contribution < -0.4 is 4.72 Å². The van der Waals surface area contributed by atoms with E-state index in [1.54, 1.807) is 18.2 Å². The van der Waals surface area contributed by atoms with Gasteiger partial charge < -0.3 is 5.11 Å². The fourth-order valence-electron chi connectivity index (χ4n) is 4.97. The molecule has 3 saturated carbocycles. The number of allylic oxidation sites excluding steroid dienone is 2. The summed E-state index contributed by atoms with van der Waals surface area (Å²) in [6.07, 6.45) is 8.52. The molecule has 0 spiro atoms. The SMILES string of the molecule is CC1(C)C2CC(C/C=C/CCCC(=O)O)C(NS(=O)(=O)c3cccc(Cl)c3)C1C2. The molecular weight excluding hydrogens is 410 g/mol. The Morgan fingerprint density at radius 3 is 2.72 bits per heavy atom. The third kappa shape index (κ3) is 5.04. The molecule has 160 valence electrons. The fraction of sp³-hybridized carbons (Fsp3) is 0.591.